The molecule has 2 aromatic carbocycles. The number of carbonyl (C=O) groups is 2. The molecule has 0 aliphatic carbocycles. The molecule has 0 aliphatic rings. The topological polar surface area (TPSA) is 89.5 Å². The van der Waals surface area contributed by atoms with Gasteiger partial charge in [-0.2, -0.15) is 0 Å². The fourth-order valence-corrected chi connectivity index (χ4v) is 2.54. The lowest BCUT2D eigenvalue weighted by Crippen LogP contribution is -2.16. The lowest BCUT2D eigenvalue weighted by Gasteiger charge is -2.11. The maximum absolute atomic E-state index is 13.0. The van der Waals surface area contributed by atoms with Crippen LogP contribution < -0.4 is 20.1 Å². The van der Waals surface area contributed by atoms with Crippen LogP contribution in [0.4, 0.5) is 15.8 Å². The van der Waals surface area contributed by atoms with Crippen LogP contribution in [0.5, 0.6) is 11.5 Å². The number of hydrogen-bond donors (Lipinski definition) is 2. The first kappa shape index (κ1) is 19.8. The summed E-state index contributed by atoms with van der Waals surface area (Å²) in [6.45, 7) is 0. The summed E-state index contributed by atoms with van der Waals surface area (Å²) in [6, 6.07) is 11.7. The molecule has 3 aromatic rings. The van der Waals surface area contributed by atoms with Gasteiger partial charge in [0.1, 0.15) is 5.82 Å². The third kappa shape index (κ3) is 4.86. The van der Waals surface area contributed by atoms with Gasteiger partial charge in [-0.1, -0.05) is 0 Å². The Morgan fingerprint density at radius 3 is 1.93 bits per heavy atom. The normalized spacial score (nSPS) is 10.2. The highest BCUT2D eigenvalue weighted by Gasteiger charge is 2.13. The Labute approximate surface area is 166 Å². The molecule has 0 unspecified atom stereocenters. The maximum Gasteiger partial charge on any atom is 0.257 e. The van der Waals surface area contributed by atoms with Gasteiger partial charge in [-0.15, -0.1) is 0 Å². The minimum Gasteiger partial charge on any atom is -0.493 e. The smallest absolute Gasteiger partial charge is 0.257 e. The highest BCUT2D eigenvalue weighted by atomic mass is 19.1. The van der Waals surface area contributed by atoms with E-state index in [1.54, 1.807) is 18.2 Å². The summed E-state index contributed by atoms with van der Waals surface area (Å²) >= 11 is 0. The number of nitrogens with one attached hydrogen (secondary N) is 2. The fraction of sp³-hybridized carbons (Fsp3) is 0.0952. The molecule has 3 rings (SSSR count). The average molecular weight is 395 g/mol. The van der Waals surface area contributed by atoms with Crippen LogP contribution in [0.1, 0.15) is 20.7 Å². The van der Waals surface area contributed by atoms with Crippen LogP contribution in [0.3, 0.4) is 0 Å². The zero-order valence-electron chi connectivity index (χ0n) is 15.7. The van der Waals surface area contributed by atoms with Crippen LogP contribution in [0, 0.1) is 5.82 Å². The van der Waals surface area contributed by atoms with Crippen LogP contribution >= 0.6 is 0 Å². The highest BCUT2D eigenvalue weighted by molar-refractivity contribution is 6.08. The number of amides is 2. The number of nitrogens with zero attached hydrogens (tertiary/aromatic N) is 1. The number of pyridine rings is 1. The molecule has 0 radical (unpaired) electrons. The largest absolute Gasteiger partial charge is 0.493 e. The van der Waals surface area contributed by atoms with Gasteiger partial charge in [0.05, 0.1) is 25.3 Å². The molecule has 0 atom stereocenters. The zero-order valence-corrected chi connectivity index (χ0v) is 15.7. The van der Waals surface area contributed by atoms with Crippen molar-refractivity contribution in [3.8, 4) is 11.5 Å². The summed E-state index contributed by atoms with van der Waals surface area (Å²) < 4.78 is 23.4. The average Bonchev–Trinajstić information content (AvgIpc) is 2.75. The Balaban J connectivity index is 1.73. The van der Waals surface area contributed by atoms with Crippen molar-refractivity contribution in [1.29, 1.82) is 0 Å². The number of anilines is 2. The monoisotopic (exact) mass is 395 g/mol. The highest BCUT2D eigenvalue weighted by Crippen LogP contribution is 2.29. The van der Waals surface area contributed by atoms with Crippen molar-refractivity contribution < 1.29 is 23.5 Å². The molecular formula is C21H18FN3O4. The minimum absolute atomic E-state index is 0.189. The molecule has 0 fully saturated rings. The van der Waals surface area contributed by atoms with E-state index in [1.807, 2.05) is 0 Å². The predicted molar refractivity (Wildman–Crippen MR) is 106 cm³/mol. The number of methoxy groups -OCH3 is 2. The molecule has 0 spiro atoms. The Hall–Kier alpha value is -3.94. The van der Waals surface area contributed by atoms with Gasteiger partial charge in [-0.05, 0) is 42.5 Å². The number of carbonyl (C=O) groups excluding carboxylic acids is 2. The van der Waals surface area contributed by atoms with Gasteiger partial charge in [0.2, 0.25) is 0 Å². The number of aromatic nitrogens is 1. The molecule has 0 saturated carbocycles. The Bertz CT molecular complexity index is 1040. The second kappa shape index (κ2) is 8.83. The van der Waals surface area contributed by atoms with Crippen LogP contribution in [0.25, 0.3) is 0 Å². The predicted octanol–water partition coefficient (Wildman–Crippen LogP) is 3.74. The summed E-state index contributed by atoms with van der Waals surface area (Å²) in [6.07, 6.45) is 2.69. The third-order valence-electron chi connectivity index (χ3n) is 4.01. The van der Waals surface area contributed by atoms with Crippen molar-refractivity contribution in [2.75, 3.05) is 24.9 Å². The van der Waals surface area contributed by atoms with Crippen molar-refractivity contribution in [2.45, 2.75) is 0 Å². The van der Waals surface area contributed by atoms with Gasteiger partial charge in [0, 0.05) is 29.8 Å². The molecule has 0 aliphatic heterocycles. The van der Waals surface area contributed by atoms with E-state index in [-0.39, 0.29) is 11.1 Å². The summed E-state index contributed by atoms with van der Waals surface area (Å²) in [4.78, 5) is 28.9. The first-order valence-corrected chi connectivity index (χ1v) is 8.55. The standard InChI is InChI=1S/C21H18FN3O4/c1-28-18-8-7-17(10-19(18)29-2)25-21(27)14-9-13(11-23-12-14)20(26)24-16-5-3-15(22)4-6-16/h3-12H,1-2H3,(H,24,26)(H,25,27). The molecule has 29 heavy (non-hydrogen) atoms. The van der Waals surface area contributed by atoms with E-state index in [4.69, 9.17) is 9.47 Å². The molecule has 7 nitrogen and oxygen atoms in total. The van der Waals surface area contributed by atoms with Crippen molar-refractivity contribution in [1.82, 2.24) is 4.98 Å². The van der Waals surface area contributed by atoms with Crippen LogP contribution in [0.2, 0.25) is 0 Å². The van der Waals surface area contributed by atoms with Gasteiger partial charge in [-0.25, -0.2) is 4.39 Å². The van der Waals surface area contributed by atoms with E-state index in [0.717, 1.165) is 0 Å². The summed E-state index contributed by atoms with van der Waals surface area (Å²) in [5.41, 5.74) is 1.31. The minimum atomic E-state index is -0.468. The number of rotatable bonds is 6. The first-order chi connectivity index (χ1) is 14.0. The summed E-state index contributed by atoms with van der Waals surface area (Å²) in [5, 5.41) is 5.34. The lowest BCUT2D eigenvalue weighted by molar-refractivity contribution is 0.102. The van der Waals surface area contributed by atoms with Gasteiger partial charge >= 0.3 is 0 Å². The van der Waals surface area contributed by atoms with E-state index in [1.165, 1.54) is 56.9 Å². The summed E-state index contributed by atoms with van der Waals surface area (Å²) in [7, 11) is 3.01. The lowest BCUT2D eigenvalue weighted by atomic mass is 10.1. The molecule has 8 heteroatoms. The fourth-order valence-electron chi connectivity index (χ4n) is 2.54. The summed E-state index contributed by atoms with van der Waals surface area (Å²) in [5.74, 6) is -0.313. The SMILES string of the molecule is COc1ccc(NC(=O)c2cncc(C(=O)Nc3ccc(F)cc3)c2)cc1OC. The number of hydrogen-bond acceptors (Lipinski definition) is 5. The Morgan fingerprint density at radius 1 is 0.793 bits per heavy atom. The number of halogens is 1. The number of benzene rings is 2. The maximum atomic E-state index is 13.0. The van der Waals surface area contributed by atoms with Crippen molar-refractivity contribution in [3.63, 3.8) is 0 Å². The zero-order chi connectivity index (χ0) is 20.8. The molecular weight excluding hydrogens is 377 g/mol. The van der Waals surface area contributed by atoms with E-state index in [2.05, 4.69) is 15.6 Å². The van der Waals surface area contributed by atoms with Gasteiger partial charge in [0.25, 0.3) is 11.8 Å². The van der Waals surface area contributed by atoms with E-state index >= 15 is 0 Å². The van der Waals surface area contributed by atoms with Crippen molar-refractivity contribution in [2.24, 2.45) is 0 Å². The second-order valence-electron chi connectivity index (χ2n) is 5.95. The van der Waals surface area contributed by atoms with Gasteiger partial charge < -0.3 is 20.1 Å². The van der Waals surface area contributed by atoms with E-state index in [9.17, 15) is 14.0 Å². The Kier molecular flexibility index (Phi) is 6.03. The van der Waals surface area contributed by atoms with E-state index < -0.39 is 17.6 Å². The quantitative estimate of drug-likeness (QED) is 0.664. The number of ether oxygens (including phenoxy) is 2. The van der Waals surface area contributed by atoms with Crippen molar-refractivity contribution in [3.05, 3.63) is 77.9 Å². The van der Waals surface area contributed by atoms with Crippen LogP contribution in [0.15, 0.2) is 60.9 Å². The molecule has 1 aromatic heterocycles. The molecule has 2 amide bonds. The molecule has 148 valence electrons. The molecule has 0 bridgehead atoms. The molecule has 1 heterocycles. The van der Waals surface area contributed by atoms with Crippen LogP contribution in [-0.2, 0) is 0 Å². The van der Waals surface area contributed by atoms with Gasteiger partial charge in [0.15, 0.2) is 11.5 Å². The first-order valence-electron chi connectivity index (χ1n) is 8.55. The van der Waals surface area contributed by atoms with Crippen LogP contribution in [-0.4, -0.2) is 31.0 Å². The Morgan fingerprint density at radius 2 is 1.34 bits per heavy atom. The molecule has 0 saturated heterocycles. The van der Waals surface area contributed by atoms with E-state index in [0.29, 0.717) is 22.9 Å². The second-order valence-corrected chi connectivity index (χ2v) is 5.95. The molecule has 2 N–H and O–H groups in total. The van der Waals surface area contributed by atoms with Crippen molar-refractivity contribution >= 4 is 23.2 Å². The third-order valence-corrected chi connectivity index (χ3v) is 4.01. The van der Waals surface area contributed by atoms with Gasteiger partial charge in [-0.3, -0.25) is 14.6 Å².